The summed E-state index contributed by atoms with van der Waals surface area (Å²) in [4.78, 5) is 40.5. The number of benzene rings is 2. The zero-order valence-corrected chi connectivity index (χ0v) is 19.4. The van der Waals surface area contributed by atoms with Gasteiger partial charge in [-0.05, 0) is 73.0 Å². The summed E-state index contributed by atoms with van der Waals surface area (Å²) in [5.41, 5.74) is 3.01. The first-order valence-corrected chi connectivity index (χ1v) is 11.1. The summed E-state index contributed by atoms with van der Waals surface area (Å²) >= 11 is 0. The van der Waals surface area contributed by atoms with Crippen molar-refractivity contribution in [3.63, 3.8) is 0 Å². The first-order chi connectivity index (χ1) is 17.0. The summed E-state index contributed by atoms with van der Waals surface area (Å²) in [5.74, 6) is -3.75. The van der Waals surface area contributed by atoms with Gasteiger partial charge in [-0.15, -0.1) is 0 Å². The molecule has 0 aliphatic carbocycles. The fourth-order valence-corrected chi connectivity index (χ4v) is 3.65. The van der Waals surface area contributed by atoms with E-state index in [0.29, 0.717) is 22.6 Å². The maximum absolute atomic E-state index is 12.5. The van der Waals surface area contributed by atoms with Crippen LogP contribution in [-0.2, 0) is 14.4 Å². The van der Waals surface area contributed by atoms with Gasteiger partial charge in [-0.3, -0.25) is 14.8 Å². The first kappa shape index (κ1) is 26.8. The number of halogens is 3. The second kappa shape index (κ2) is 11.8. The minimum absolute atomic E-state index is 0.143. The SMILES string of the molecule is CN1CCC(c2ccc(C(=O)/C=C/c3ccc(/C=C/C(=O)N(O)OC(=O)C(F)(F)F)cc3)cc2)CC1. The molecule has 0 aromatic heterocycles. The molecule has 1 heterocycles. The Morgan fingerprint density at radius 1 is 0.944 bits per heavy atom. The van der Waals surface area contributed by atoms with E-state index in [2.05, 4.69) is 16.8 Å². The highest BCUT2D eigenvalue weighted by atomic mass is 19.4. The highest BCUT2D eigenvalue weighted by Crippen LogP contribution is 2.27. The molecular formula is C26H25F3N2O5. The molecule has 190 valence electrons. The average Bonchev–Trinajstić information content (AvgIpc) is 2.86. The second-order valence-electron chi connectivity index (χ2n) is 8.38. The molecule has 1 saturated heterocycles. The molecule has 3 rings (SSSR count). The van der Waals surface area contributed by atoms with E-state index in [1.54, 1.807) is 30.3 Å². The van der Waals surface area contributed by atoms with Crippen molar-refractivity contribution in [3.05, 3.63) is 82.9 Å². The average molecular weight is 502 g/mol. The number of allylic oxidation sites excluding steroid dienone is 1. The zero-order chi connectivity index (χ0) is 26.3. The van der Waals surface area contributed by atoms with Crippen LogP contribution >= 0.6 is 0 Å². The van der Waals surface area contributed by atoms with Gasteiger partial charge in [0.05, 0.1) is 0 Å². The first-order valence-electron chi connectivity index (χ1n) is 11.1. The Balaban J connectivity index is 1.53. The minimum atomic E-state index is -5.36. The molecular weight excluding hydrogens is 477 g/mol. The van der Waals surface area contributed by atoms with Gasteiger partial charge in [0.25, 0.3) is 0 Å². The van der Waals surface area contributed by atoms with Gasteiger partial charge in [0.2, 0.25) is 0 Å². The number of hydroxylamine groups is 2. The predicted octanol–water partition coefficient (Wildman–Crippen LogP) is 4.64. The van der Waals surface area contributed by atoms with E-state index in [1.807, 2.05) is 24.3 Å². The number of ketones is 1. The number of piperidine rings is 1. The molecule has 1 fully saturated rings. The Kier molecular flexibility index (Phi) is 8.78. The molecule has 1 amide bonds. The van der Waals surface area contributed by atoms with Gasteiger partial charge in [0.15, 0.2) is 5.78 Å². The van der Waals surface area contributed by atoms with Crippen molar-refractivity contribution in [3.8, 4) is 0 Å². The third kappa shape index (κ3) is 7.62. The number of nitrogens with zero attached hydrogens (tertiary/aromatic N) is 2. The molecule has 0 atom stereocenters. The predicted molar refractivity (Wildman–Crippen MR) is 126 cm³/mol. The lowest BCUT2D eigenvalue weighted by molar-refractivity contribution is -0.312. The monoisotopic (exact) mass is 502 g/mol. The molecule has 7 nitrogen and oxygen atoms in total. The lowest BCUT2D eigenvalue weighted by Gasteiger charge is -2.29. The maximum atomic E-state index is 12.5. The van der Waals surface area contributed by atoms with Crippen LogP contribution in [0.25, 0.3) is 12.2 Å². The van der Waals surface area contributed by atoms with Gasteiger partial charge in [-0.2, -0.15) is 13.2 Å². The molecule has 2 aromatic rings. The van der Waals surface area contributed by atoms with Crippen LogP contribution in [0.1, 0.15) is 45.8 Å². The van der Waals surface area contributed by atoms with E-state index in [1.165, 1.54) is 17.7 Å². The largest absolute Gasteiger partial charge is 0.493 e. The van der Waals surface area contributed by atoms with Crippen molar-refractivity contribution < 1.29 is 37.6 Å². The molecule has 0 spiro atoms. The molecule has 10 heteroatoms. The van der Waals surface area contributed by atoms with E-state index in [-0.39, 0.29) is 5.78 Å². The van der Waals surface area contributed by atoms with Gasteiger partial charge in [0, 0.05) is 11.6 Å². The molecule has 2 aromatic carbocycles. The normalized spacial score (nSPS) is 15.4. The highest BCUT2D eigenvalue weighted by molar-refractivity contribution is 6.06. The molecule has 36 heavy (non-hydrogen) atoms. The van der Waals surface area contributed by atoms with Crippen molar-refractivity contribution >= 4 is 29.8 Å². The number of carbonyl (C=O) groups is 3. The quantitative estimate of drug-likeness (QED) is 0.268. The van der Waals surface area contributed by atoms with E-state index < -0.39 is 23.3 Å². The van der Waals surface area contributed by atoms with Crippen molar-refractivity contribution in [2.75, 3.05) is 20.1 Å². The number of hydrogen-bond donors (Lipinski definition) is 1. The van der Waals surface area contributed by atoms with Crippen LogP contribution in [0.5, 0.6) is 0 Å². The molecule has 0 saturated carbocycles. The van der Waals surface area contributed by atoms with Crippen molar-refractivity contribution in [2.45, 2.75) is 24.9 Å². The smallest absolute Gasteiger partial charge is 0.306 e. The number of likely N-dealkylation sites (tertiary alicyclic amines) is 1. The lowest BCUT2D eigenvalue weighted by Crippen LogP contribution is -2.35. The molecule has 0 bridgehead atoms. The third-order valence-electron chi connectivity index (χ3n) is 5.76. The standard InChI is InChI=1S/C26H25F3N2O5/c1-30-16-14-21(15-17-30)20-8-10-22(11-9-20)23(32)12-6-18-2-4-19(5-3-18)7-13-24(33)31(35)36-25(34)26(27,28)29/h2-13,21,35H,14-17H2,1H3/b12-6+,13-7+. The fourth-order valence-electron chi connectivity index (χ4n) is 3.65. The van der Waals surface area contributed by atoms with Crippen LogP contribution in [0.3, 0.4) is 0 Å². The number of hydrogen-bond acceptors (Lipinski definition) is 6. The van der Waals surface area contributed by atoms with Crippen LogP contribution in [0.15, 0.2) is 60.7 Å². The van der Waals surface area contributed by atoms with E-state index in [0.717, 1.165) is 32.0 Å². The van der Waals surface area contributed by atoms with Gasteiger partial charge in [-0.1, -0.05) is 54.6 Å². The minimum Gasteiger partial charge on any atom is -0.306 e. The van der Waals surface area contributed by atoms with Crippen molar-refractivity contribution in [2.24, 2.45) is 0 Å². The Labute approximate surface area is 206 Å². The van der Waals surface area contributed by atoms with E-state index in [9.17, 15) is 27.6 Å². The molecule has 0 unspecified atom stereocenters. The van der Waals surface area contributed by atoms with Crippen LogP contribution in [0, 0.1) is 0 Å². The van der Waals surface area contributed by atoms with Crippen LogP contribution in [0.4, 0.5) is 13.2 Å². The number of alkyl halides is 3. The highest BCUT2D eigenvalue weighted by Gasteiger charge is 2.43. The van der Waals surface area contributed by atoms with Gasteiger partial charge < -0.3 is 9.74 Å². The number of amides is 1. The second-order valence-corrected chi connectivity index (χ2v) is 8.38. The third-order valence-corrected chi connectivity index (χ3v) is 5.76. The summed E-state index contributed by atoms with van der Waals surface area (Å²) in [6, 6.07) is 14.2. The molecule has 0 radical (unpaired) electrons. The number of rotatable bonds is 6. The summed E-state index contributed by atoms with van der Waals surface area (Å²) in [5, 5.41) is 8.33. The van der Waals surface area contributed by atoms with Gasteiger partial charge in [-0.25, -0.2) is 4.79 Å². The van der Waals surface area contributed by atoms with E-state index in [4.69, 9.17) is 5.21 Å². The maximum Gasteiger partial charge on any atom is 0.493 e. The Bertz CT molecular complexity index is 1130. The zero-order valence-electron chi connectivity index (χ0n) is 19.4. The molecule has 1 N–H and O–H groups in total. The molecule has 1 aliphatic heterocycles. The van der Waals surface area contributed by atoms with E-state index >= 15 is 0 Å². The van der Waals surface area contributed by atoms with Crippen LogP contribution in [0.2, 0.25) is 0 Å². The van der Waals surface area contributed by atoms with Gasteiger partial charge >= 0.3 is 18.1 Å². The van der Waals surface area contributed by atoms with Crippen LogP contribution < -0.4 is 0 Å². The summed E-state index contributed by atoms with van der Waals surface area (Å²) in [7, 11) is 2.12. The summed E-state index contributed by atoms with van der Waals surface area (Å²) in [6.45, 7) is 2.13. The topological polar surface area (TPSA) is 87.2 Å². The Morgan fingerprint density at radius 3 is 2.00 bits per heavy atom. The van der Waals surface area contributed by atoms with Crippen molar-refractivity contribution in [1.82, 2.24) is 10.1 Å². The Morgan fingerprint density at radius 2 is 1.47 bits per heavy atom. The summed E-state index contributed by atoms with van der Waals surface area (Å²) in [6.07, 6.45) is 1.88. The lowest BCUT2D eigenvalue weighted by atomic mass is 9.89. The van der Waals surface area contributed by atoms with Crippen molar-refractivity contribution in [1.29, 1.82) is 0 Å². The van der Waals surface area contributed by atoms with Crippen LogP contribution in [-0.4, -0.2) is 59.3 Å². The Hall–Kier alpha value is -3.76. The summed E-state index contributed by atoms with van der Waals surface area (Å²) < 4.78 is 36.3. The molecule has 1 aliphatic rings. The van der Waals surface area contributed by atoms with Gasteiger partial charge in [0.1, 0.15) is 0 Å². The number of carbonyl (C=O) groups excluding carboxylic acids is 3. The fraction of sp³-hybridized carbons (Fsp3) is 0.269.